The van der Waals surface area contributed by atoms with Crippen LogP contribution in [-0.2, 0) is 17.8 Å². The summed E-state index contributed by atoms with van der Waals surface area (Å²) < 4.78 is 1.95. The smallest absolute Gasteiger partial charge is 0.337 e. The molecule has 0 unspecified atom stereocenters. The number of aromatic carboxylic acids is 1. The van der Waals surface area contributed by atoms with Crippen LogP contribution in [-0.4, -0.2) is 31.7 Å². The van der Waals surface area contributed by atoms with E-state index in [1.807, 2.05) is 16.0 Å². The lowest BCUT2D eigenvalue weighted by molar-refractivity contribution is -0.130. The van der Waals surface area contributed by atoms with Gasteiger partial charge in [0.25, 0.3) is 0 Å². The molecule has 0 aliphatic rings. The summed E-state index contributed by atoms with van der Waals surface area (Å²) in [6.07, 6.45) is 4.37. The Morgan fingerprint density at radius 2 is 1.90 bits per heavy atom. The van der Waals surface area contributed by atoms with Gasteiger partial charge in [0.1, 0.15) is 5.82 Å². The Morgan fingerprint density at radius 1 is 1.13 bits per heavy atom. The number of carboxylic acid groups (broad SMARTS) is 2. The van der Waals surface area contributed by atoms with E-state index >= 15 is 0 Å². The second kappa shape index (κ2) is 9.54. The van der Waals surface area contributed by atoms with E-state index in [2.05, 4.69) is 11.9 Å². The predicted molar refractivity (Wildman–Crippen MR) is 118 cm³/mol. The number of allylic oxidation sites excluding steroid dienone is 1. The molecule has 2 N–H and O–H groups in total. The molecule has 3 aromatic rings. The number of carbonyl (C=O) groups is 2. The number of aromatic nitrogens is 2. The maximum absolute atomic E-state index is 12.0. The maximum Gasteiger partial charge on any atom is 0.337 e. The van der Waals surface area contributed by atoms with Gasteiger partial charge in [-0.25, -0.2) is 14.6 Å². The molecule has 0 saturated heterocycles. The van der Waals surface area contributed by atoms with E-state index in [-0.39, 0.29) is 11.1 Å². The van der Waals surface area contributed by atoms with Crippen molar-refractivity contribution in [2.45, 2.75) is 39.7 Å². The number of carboxylic acids is 2. The summed E-state index contributed by atoms with van der Waals surface area (Å²) in [5.74, 6) is -1.16. The molecular formula is C23H24N2O4S. The largest absolute Gasteiger partial charge is 0.478 e. The third-order valence-corrected chi connectivity index (χ3v) is 5.90. The van der Waals surface area contributed by atoms with Gasteiger partial charge in [-0.05, 0) is 42.0 Å². The molecule has 7 heteroatoms. The van der Waals surface area contributed by atoms with Crippen LogP contribution in [0.15, 0.2) is 48.0 Å². The van der Waals surface area contributed by atoms with Crippen molar-refractivity contribution in [2.75, 3.05) is 0 Å². The highest BCUT2D eigenvalue weighted by atomic mass is 32.1. The molecule has 0 radical (unpaired) electrons. The van der Waals surface area contributed by atoms with Crippen LogP contribution in [0.1, 0.15) is 59.0 Å². The number of thiophene rings is 1. The average molecular weight is 425 g/mol. The van der Waals surface area contributed by atoms with Crippen molar-refractivity contribution in [1.82, 2.24) is 9.55 Å². The van der Waals surface area contributed by atoms with Crippen molar-refractivity contribution >= 4 is 34.4 Å². The number of aryl methyl sites for hydroxylation is 1. The van der Waals surface area contributed by atoms with E-state index in [1.165, 1.54) is 11.3 Å². The Balaban J connectivity index is 2.15. The first-order chi connectivity index (χ1) is 14.4. The molecule has 0 spiro atoms. The van der Waals surface area contributed by atoms with Gasteiger partial charge in [0, 0.05) is 11.3 Å². The van der Waals surface area contributed by atoms with E-state index < -0.39 is 11.9 Å². The zero-order valence-electron chi connectivity index (χ0n) is 17.0. The van der Waals surface area contributed by atoms with E-state index in [9.17, 15) is 19.8 Å². The standard InChI is InChI=1S/C23H24N2O4S/c1-3-4-11-20-24-13-18(15(2)21(23(28)29)19-10-7-12-30-19)25(20)14-16-8-5-6-9-17(16)22(26)27/h5-10,12-13H,3-4,11,14H2,1-2H3,(H,26,27)(H,28,29)/b21-15-. The molecule has 3 rings (SSSR count). The highest BCUT2D eigenvalue weighted by Gasteiger charge is 2.21. The Hall–Kier alpha value is -3.19. The van der Waals surface area contributed by atoms with Crippen molar-refractivity contribution in [3.63, 3.8) is 0 Å². The van der Waals surface area contributed by atoms with E-state index in [1.54, 1.807) is 43.5 Å². The lowest BCUT2D eigenvalue weighted by atomic mass is 10.0. The summed E-state index contributed by atoms with van der Waals surface area (Å²) in [5.41, 5.74) is 2.42. The van der Waals surface area contributed by atoms with Gasteiger partial charge in [0.15, 0.2) is 0 Å². The summed E-state index contributed by atoms with van der Waals surface area (Å²) >= 11 is 1.37. The van der Waals surface area contributed by atoms with Gasteiger partial charge < -0.3 is 14.8 Å². The van der Waals surface area contributed by atoms with Crippen LogP contribution in [0.2, 0.25) is 0 Å². The number of aliphatic carboxylic acids is 1. The third-order valence-electron chi connectivity index (χ3n) is 5.01. The quantitative estimate of drug-likeness (QED) is 0.469. The first-order valence-corrected chi connectivity index (χ1v) is 10.7. The fraction of sp³-hybridized carbons (Fsp3) is 0.261. The molecule has 0 saturated carbocycles. The molecule has 0 amide bonds. The summed E-state index contributed by atoms with van der Waals surface area (Å²) in [7, 11) is 0. The van der Waals surface area contributed by atoms with E-state index in [4.69, 9.17) is 0 Å². The van der Waals surface area contributed by atoms with Gasteiger partial charge in [0.2, 0.25) is 0 Å². The molecule has 0 atom stereocenters. The zero-order valence-corrected chi connectivity index (χ0v) is 17.8. The topological polar surface area (TPSA) is 92.4 Å². The minimum absolute atomic E-state index is 0.233. The normalized spacial score (nSPS) is 11.9. The third kappa shape index (κ3) is 4.52. The highest BCUT2D eigenvalue weighted by molar-refractivity contribution is 7.11. The van der Waals surface area contributed by atoms with Crippen molar-refractivity contribution < 1.29 is 19.8 Å². The minimum atomic E-state index is -0.997. The van der Waals surface area contributed by atoms with E-state index in [0.717, 1.165) is 25.1 Å². The zero-order chi connectivity index (χ0) is 21.7. The molecule has 156 valence electrons. The van der Waals surface area contributed by atoms with Gasteiger partial charge >= 0.3 is 11.9 Å². The van der Waals surface area contributed by atoms with Crippen LogP contribution in [0.5, 0.6) is 0 Å². The van der Waals surface area contributed by atoms with Crippen molar-refractivity contribution in [3.05, 3.63) is 75.5 Å². The van der Waals surface area contributed by atoms with Gasteiger partial charge in [-0.2, -0.15) is 0 Å². The summed E-state index contributed by atoms with van der Waals surface area (Å²) in [6.45, 7) is 4.19. The van der Waals surface area contributed by atoms with Crippen LogP contribution in [0, 0.1) is 0 Å². The monoisotopic (exact) mass is 424 g/mol. The molecule has 2 heterocycles. The van der Waals surface area contributed by atoms with Crippen LogP contribution in [0.3, 0.4) is 0 Å². The fourth-order valence-corrected chi connectivity index (χ4v) is 4.28. The molecule has 0 bridgehead atoms. The number of unbranched alkanes of at least 4 members (excludes halogenated alkanes) is 1. The Morgan fingerprint density at radius 3 is 2.53 bits per heavy atom. The summed E-state index contributed by atoms with van der Waals surface area (Å²) in [6, 6.07) is 10.5. The molecular weight excluding hydrogens is 400 g/mol. The van der Waals surface area contributed by atoms with Gasteiger partial charge in [-0.3, -0.25) is 0 Å². The van der Waals surface area contributed by atoms with Crippen molar-refractivity contribution in [1.29, 1.82) is 0 Å². The van der Waals surface area contributed by atoms with Crippen LogP contribution in [0.25, 0.3) is 11.1 Å². The van der Waals surface area contributed by atoms with E-state index in [0.29, 0.717) is 28.3 Å². The van der Waals surface area contributed by atoms with Crippen molar-refractivity contribution in [2.24, 2.45) is 0 Å². The first kappa shape index (κ1) is 21.5. The fourth-order valence-electron chi connectivity index (χ4n) is 3.46. The number of benzene rings is 1. The Kier molecular flexibility index (Phi) is 6.84. The lowest BCUT2D eigenvalue weighted by Crippen LogP contribution is -2.13. The SMILES string of the molecule is CCCCc1ncc(/C(C)=C(\C(=O)O)c2cccs2)n1Cc1ccccc1C(=O)O. The first-order valence-electron chi connectivity index (χ1n) is 9.78. The second-order valence-electron chi connectivity index (χ2n) is 6.99. The van der Waals surface area contributed by atoms with Crippen LogP contribution >= 0.6 is 11.3 Å². The average Bonchev–Trinajstić information content (AvgIpc) is 3.37. The van der Waals surface area contributed by atoms with Crippen LogP contribution < -0.4 is 0 Å². The van der Waals surface area contributed by atoms with Gasteiger partial charge in [-0.1, -0.05) is 37.6 Å². The number of imidazole rings is 1. The lowest BCUT2D eigenvalue weighted by Gasteiger charge is -2.15. The molecule has 1 aromatic carbocycles. The number of hydrogen-bond donors (Lipinski definition) is 2. The molecule has 2 aromatic heterocycles. The van der Waals surface area contributed by atoms with Crippen molar-refractivity contribution in [3.8, 4) is 0 Å². The minimum Gasteiger partial charge on any atom is -0.478 e. The maximum atomic E-state index is 12.0. The number of hydrogen-bond acceptors (Lipinski definition) is 4. The van der Waals surface area contributed by atoms with Crippen LogP contribution in [0.4, 0.5) is 0 Å². The molecule has 0 aliphatic carbocycles. The molecule has 30 heavy (non-hydrogen) atoms. The predicted octanol–water partition coefficient (Wildman–Crippen LogP) is 5.05. The van der Waals surface area contributed by atoms with Gasteiger partial charge in [-0.15, -0.1) is 11.3 Å². The summed E-state index contributed by atoms with van der Waals surface area (Å²) in [4.78, 5) is 28.9. The molecule has 0 fully saturated rings. The number of nitrogens with zero attached hydrogens (tertiary/aromatic N) is 2. The Bertz CT molecular complexity index is 1080. The second-order valence-corrected chi connectivity index (χ2v) is 7.94. The summed E-state index contributed by atoms with van der Waals surface area (Å²) in [5, 5.41) is 21.3. The Labute approximate surface area is 179 Å². The number of rotatable bonds is 9. The molecule has 0 aliphatic heterocycles. The highest BCUT2D eigenvalue weighted by Crippen LogP contribution is 2.30. The molecule has 6 nitrogen and oxygen atoms in total. The van der Waals surface area contributed by atoms with Gasteiger partial charge in [0.05, 0.1) is 29.6 Å².